The average molecular weight is 271 g/mol. The predicted molar refractivity (Wildman–Crippen MR) is 66.1 cm³/mol. The zero-order valence-electron chi connectivity index (χ0n) is 8.50. The fourth-order valence-electron chi connectivity index (χ4n) is 1.16. The molecule has 0 bridgehead atoms. The maximum atomic E-state index is 11.5. The lowest BCUT2D eigenvalue weighted by Gasteiger charge is -2.09. The Kier molecular flexibility index (Phi) is 3.51. The molecule has 5 nitrogen and oxygen atoms in total. The van der Waals surface area contributed by atoms with Crippen LogP contribution < -0.4 is 10.9 Å². The molecule has 1 aromatic carbocycles. The third kappa shape index (κ3) is 2.89. The molecule has 0 atom stereocenters. The molecule has 1 heterocycles. The first-order chi connectivity index (χ1) is 8.16. The zero-order chi connectivity index (χ0) is 12.3. The van der Waals surface area contributed by atoms with E-state index in [2.05, 4.69) is 21.0 Å². The van der Waals surface area contributed by atoms with Gasteiger partial charge in [-0.3, -0.25) is 20.7 Å². The lowest BCUT2D eigenvalue weighted by atomic mass is 10.3. The Hall–Kier alpha value is -1.72. The van der Waals surface area contributed by atoms with Crippen molar-refractivity contribution in [2.75, 3.05) is 5.43 Å². The van der Waals surface area contributed by atoms with E-state index in [-0.39, 0.29) is 5.91 Å². The van der Waals surface area contributed by atoms with E-state index in [4.69, 9.17) is 23.2 Å². The fraction of sp³-hybridized carbons (Fsp3) is 0. The van der Waals surface area contributed by atoms with Crippen LogP contribution in [0, 0.1) is 0 Å². The maximum Gasteiger partial charge on any atom is 0.287 e. The van der Waals surface area contributed by atoms with E-state index in [1.807, 2.05) is 0 Å². The van der Waals surface area contributed by atoms with E-state index >= 15 is 0 Å². The van der Waals surface area contributed by atoms with Crippen LogP contribution in [0.15, 0.2) is 30.5 Å². The van der Waals surface area contributed by atoms with Crippen molar-refractivity contribution in [1.82, 2.24) is 15.6 Å². The van der Waals surface area contributed by atoms with E-state index in [0.717, 1.165) is 0 Å². The highest BCUT2D eigenvalue weighted by Gasteiger charge is 2.07. The van der Waals surface area contributed by atoms with Gasteiger partial charge in [0.2, 0.25) is 0 Å². The summed E-state index contributed by atoms with van der Waals surface area (Å²) in [5, 5.41) is 7.16. The molecule has 0 unspecified atom stereocenters. The summed E-state index contributed by atoms with van der Waals surface area (Å²) in [5.41, 5.74) is 6.07. The molecule has 0 spiro atoms. The molecule has 0 saturated carbocycles. The van der Waals surface area contributed by atoms with Crippen molar-refractivity contribution in [1.29, 1.82) is 0 Å². The van der Waals surface area contributed by atoms with Gasteiger partial charge >= 0.3 is 0 Å². The van der Waals surface area contributed by atoms with Crippen LogP contribution >= 0.6 is 23.2 Å². The first-order valence-corrected chi connectivity index (χ1v) is 5.43. The predicted octanol–water partition coefficient (Wildman–Crippen LogP) is 2.47. The molecule has 17 heavy (non-hydrogen) atoms. The van der Waals surface area contributed by atoms with E-state index in [0.29, 0.717) is 21.4 Å². The Balaban J connectivity index is 2.01. The van der Waals surface area contributed by atoms with Gasteiger partial charge in [-0.25, -0.2) is 0 Å². The lowest BCUT2D eigenvalue weighted by molar-refractivity contribution is 0.0957. The van der Waals surface area contributed by atoms with Crippen molar-refractivity contribution in [2.24, 2.45) is 0 Å². The Labute approximate surface area is 107 Å². The molecular formula is C10H8Cl2N4O. The molecular weight excluding hydrogens is 263 g/mol. The molecule has 1 amide bonds. The van der Waals surface area contributed by atoms with Gasteiger partial charge in [0, 0.05) is 11.2 Å². The van der Waals surface area contributed by atoms with Gasteiger partial charge in [0.1, 0.15) is 5.69 Å². The van der Waals surface area contributed by atoms with E-state index in [1.54, 1.807) is 24.3 Å². The minimum Gasteiger partial charge on any atom is -0.297 e. The maximum absolute atomic E-state index is 11.5. The summed E-state index contributed by atoms with van der Waals surface area (Å²) in [6, 6.07) is 6.46. The fourth-order valence-corrected chi connectivity index (χ4v) is 1.62. The molecule has 88 valence electrons. The van der Waals surface area contributed by atoms with Gasteiger partial charge in [0.15, 0.2) is 0 Å². The van der Waals surface area contributed by atoms with Crippen LogP contribution in [0.25, 0.3) is 0 Å². The minimum atomic E-state index is -0.339. The van der Waals surface area contributed by atoms with Gasteiger partial charge < -0.3 is 0 Å². The van der Waals surface area contributed by atoms with Gasteiger partial charge in [-0.1, -0.05) is 23.2 Å². The van der Waals surface area contributed by atoms with Gasteiger partial charge in [-0.2, -0.15) is 5.10 Å². The van der Waals surface area contributed by atoms with Crippen LogP contribution in [0.5, 0.6) is 0 Å². The van der Waals surface area contributed by atoms with Crippen LogP contribution in [-0.4, -0.2) is 16.1 Å². The first kappa shape index (κ1) is 11.8. The molecule has 0 radical (unpaired) electrons. The third-order valence-corrected chi connectivity index (χ3v) is 2.54. The normalized spacial score (nSPS) is 10.0. The Morgan fingerprint density at radius 3 is 2.76 bits per heavy atom. The van der Waals surface area contributed by atoms with Crippen molar-refractivity contribution in [3.05, 3.63) is 46.2 Å². The number of amides is 1. The third-order valence-electron chi connectivity index (χ3n) is 1.99. The second-order valence-corrected chi connectivity index (χ2v) is 4.02. The molecule has 1 aromatic heterocycles. The number of hydrogen-bond acceptors (Lipinski definition) is 3. The largest absolute Gasteiger partial charge is 0.297 e. The molecule has 2 rings (SSSR count). The van der Waals surface area contributed by atoms with Crippen molar-refractivity contribution in [2.45, 2.75) is 0 Å². The van der Waals surface area contributed by atoms with Crippen LogP contribution in [0.2, 0.25) is 10.0 Å². The number of nitrogens with zero attached hydrogens (tertiary/aromatic N) is 1. The van der Waals surface area contributed by atoms with Gasteiger partial charge in [0.05, 0.1) is 10.7 Å². The number of nitrogens with one attached hydrogen (secondary N) is 3. The molecule has 0 aliphatic heterocycles. The quantitative estimate of drug-likeness (QED) is 0.751. The molecule has 3 N–H and O–H groups in total. The SMILES string of the molecule is O=C(NNc1ccc(Cl)cc1Cl)c1ccn[nH]1. The number of aromatic amines is 1. The second-order valence-electron chi connectivity index (χ2n) is 3.17. The zero-order valence-corrected chi connectivity index (χ0v) is 10.0. The Morgan fingerprint density at radius 1 is 1.29 bits per heavy atom. The molecule has 0 fully saturated rings. The highest BCUT2D eigenvalue weighted by Crippen LogP contribution is 2.24. The van der Waals surface area contributed by atoms with E-state index in [9.17, 15) is 4.79 Å². The molecule has 0 saturated heterocycles. The Morgan fingerprint density at radius 2 is 2.12 bits per heavy atom. The summed E-state index contributed by atoms with van der Waals surface area (Å²) >= 11 is 11.7. The number of H-pyrrole nitrogens is 1. The monoisotopic (exact) mass is 270 g/mol. The first-order valence-electron chi connectivity index (χ1n) is 4.67. The number of hydrazine groups is 1. The van der Waals surface area contributed by atoms with E-state index < -0.39 is 0 Å². The smallest absolute Gasteiger partial charge is 0.287 e. The van der Waals surface area contributed by atoms with Crippen molar-refractivity contribution >= 4 is 34.8 Å². The van der Waals surface area contributed by atoms with Crippen LogP contribution in [-0.2, 0) is 0 Å². The second kappa shape index (κ2) is 5.07. The van der Waals surface area contributed by atoms with Gasteiger partial charge in [-0.05, 0) is 24.3 Å². The summed E-state index contributed by atoms with van der Waals surface area (Å²) < 4.78 is 0. The average Bonchev–Trinajstić information content (AvgIpc) is 2.81. The van der Waals surface area contributed by atoms with Crippen LogP contribution in [0.4, 0.5) is 5.69 Å². The van der Waals surface area contributed by atoms with Crippen molar-refractivity contribution in [3.8, 4) is 0 Å². The summed E-state index contributed by atoms with van der Waals surface area (Å²) in [6.45, 7) is 0. The topological polar surface area (TPSA) is 69.8 Å². The number of carbonyl (C=O) groups is 1. The number of hydrogen-bond donors (Lipinski definition) is 3. The lowest BCUT2D eigenvalue weighted by Crippen LogP contribution is -2.29. The van der Waals surface area contributed by atoms with Crippen LogP contribution in [0.3, 0.4) is 0 Å². The Bertz CT molecular complexity index is 527. The van der Waals surface area contributed by atoms with Crippen molar-refractivity contribution in [3.63, 3.8) is 0 Å². The number of benzene rings is 1. The highest BCUT2D eigenvalue weighted by molar-refractivity contribution is 6.36. The number of carbonyl (C=O) groups excluding carboxylic acids is 1. The standard InChI is InChI=1S/C10H8Cl2N4O/c11-6-1-2-8(7(12)5-6)15-16-10(17)9-3-4-13-14-9/h1-5,15H,(H,13,14)(H,16,17). The van der Waals surface area contributed by atoms with E-state index in [1.165, 1.54) is 6.20 Å². The van der Waals surface area contributed by atoms with Crippen LogP contribution in [0.1, 0.15) is 10.5 Å². The summed E-state index contributed by atoms with van der Waals surface area (Å²) in [4.78, 5) is 11.5. The number of halogens is 2. The molecule has 7 heteroatoms. The molecule has 2 aromatic rings. The summed E-state index contributed by atoms with van der Waals surface area (Å²) in [6.07, 6.45) is 1.49. The highest BCUT2D eigenvalue weighted by atomic mass is 35.5. The number of anilines is 1. The van der Waals surface area contributed by atoms with Crippen molar-refractivity contribution < 1.29 is 4.79 Å². The molecule has 0 aliphatic rings. The summed E-state index contributed by atoms with van der Waals surface area (Å²) in [7, 11) is 0. The van der Waals surface area contributed by atoms with Gasteiger partial charge in [-0.15, -0.1) is 0 Å². The molecule has 0 aliphatic carbocycles. The summed E-state index contributed by atoms with van der Waals surface area (Å²) in [5.74, 6) is -0.339. The minimum absolute atomic E-state index is 0.339. The number of rotatable bonds is 3. The van der Waals surface area contributed by atoms with Gasteiger partial charge in [0.25, 0.3) is 5.91 Å². The number of aromatic nitrogens is 2.